The molecule has 0 saturated carbocycles. The highest BCUT2D eigenvalue weighted by molar-refractivity contribution is 7.89. The quantitative estimate of drug-likeness (QED) is 0.758. The summed E-state index contributed by atoms with van der Waals surface area (Å²) in [5.74, 6) is 0. The first-order valence-corrected chi connectivity index (χ1v) is 7.82. The van der Waals surface area contributed by atoms with Gasteiger partial charge in [-0.15, -0.1) is 11.3 Å². The maximum Gasteiger partial charge on any atom is 0.241 e. The lowest BCUT2D eigenvalue weighted by atomic mass is 10.5. The summed E-state index contributed by atoms with van der Waals surface area (Å²) in [4.78, 5) is 3.05. The molecule has 3 N–H and O–H groups in total. The van der Waals surface area contributed by atoms with E-state index in [-0.39, 0.29) is 6.54 Å². The highest BCUT2D eigenvalue weighted by Gasteiger charge is 2.18. The first-order valence-electron chi connectivity index (χ1n) is 5.46. The Morgan fingerprint density at radius 2 is 2.24 bits per heavy atom. The summed E-state index contributed by atoms with van der Waals surface area (Å²) >= 11 is 1.37. The number of nitrogens with two attached hydrogens (primary N) is 1. The number of nitrogens with one attached hydrogen (secondary N) is 1. The lowest BCUT2D eigenvalue weighted by Crippen LogP contribution is -2.33. The highest BCUT2D eigenvalue weighted by Crippen LogP contribution is 2.20. The molecule has 98 valence electrons. The molecule has 0 unspecified atom stereocenters. The molecule has 5 nitrogen and oxygen atoms in total. The van der Waals surface area contributed by atoms with Crippen molar-refractivity contribution in [2.75, 3.05) is 26.7 Å². The molecule has 1 aromatic rings. The van der Waals surface area contributed by atoms with Crippen LogP contribution in [0, 0.1) is 0 Å². The van der Waals surface area contributed by atoms with E-state index in [0.717, 1.165) is 6.54 Å². The Labute approximate surface area is 107 Å². The van der Waals surface area contributed by atoms with Crippen LogP contribution in [0.1, 0.15) is 11.8 Å². The van der Waals surface area contributed by atoms with Gasteiger partial charge in [-0.3, -0.25) is 0 Å². The van der Waals surface area contributed by atoms with Crippen molar-refractivity contribution in [3.05, 3.63) is 16.3 Å². The first-order chi connectivity index (χ1) is 8.01. The second-order valence-corrected chi connectivity index (χ2v) is 6.44. The number of nitrogens with zero attached hydrogens (tertiary/aromatic N) is 1. The zero-order valence-electron chi connectivity index (χ0n) is 10.1. The maximum absolute atomic E-state index is 12.0. The lowest BCUT2D eigenvalue weighted by Gasteiger charge is -2.14. The van der Waals surface area contributed by atoms with Crippen molar-refractivity contribution in [2.45, 2.75) is 18.4 Å². The second kappa shape index (κ2) is 6.46. The fourth-order valence-corrected chi connectivity index (χ4v) is 3.68. The molecule has 0 fully saturated rings. The summed E-state index contributed by atoms with van der Waals surface area (Å²) in [5, 5.41) is 1.74. The van der Waals surface area contributed by atoms with Gasteiger partial charge in [0.25, 0.3) is 0 Å². The third-order valence-corrected chi connectivity index (χ3v) is 5.12. The van der Waals surface area contributed by atoms with E-state index in [1.807, 2.05) is 18.9 Å². The van der Waals surface area contributed by atoms with Gasteiger partial charge in [-0.05, 0) is 25.0 Å². The molecule has 1 aromatic heterocycles. The Morgan fingerprint density at radius 3 is 2.82 bits per heavy atom. The molecule has 1 rings (SSSR count). The fraction of sp³-hybridized carbons (Fsp3) is 0.600. The Hall–Kier alpha value is -0.470. The molecular weight excluding hydrogens is 258 g/mol. The number of hydrogen-bond acceptors (Lipinski definition) is 5. The van der Waals surface area contributed by atoms with Crippen LogP contribution >= 0.6 is 11.3 Å². The molecule has 0 aliphatic rings. The van der Waals surface area contributed by atoms with Gasteiger partial charge in [0.15, 0.2) is 0 Å². The van der Waals surface area contributed by atoms with E-state index in [1.54, 1.807) is 11.4 Å². The summed E-state index contributed by atoms with van der Waals surface area (Å²) in [6.07, 6.45) is 0. The molecule has 0 atom stereocenters. The van der Waals surface area contributed by atoms with Crippen LogP contribution in [0.25, 0.3) is 0 Å². The van der Waals surface area contributed by atoms with Crippen LogP contribution in [0.5, 0.6) is 0 Å². The lowest BCUT2D eigenvalue weighted by molar-refractivity contribution is 0.358. The van der Waals surface area contributed by atoms with Gasteiger partial charge in [0, 0.05) is 24.5 Å². The van der Waals surface area contributed by atoms with Crippen molar-refractivity contribution in [3.63, 3.8) is 0 Å². The normalized spacial score (nSPS) is 12.2. The number of rotatable bonds is 7. The minimum absolute atomic E-state index is 0.253. The van der Waals surface area contributed by atoms with Gasteiger partial charge in [0.1, 0.15) is 0 Å². The van der Waals surface area contributed by atoms with Crippen molar-refractivity contribution in [3.8, 4) is 0 Å². The van der Waals surface area contributed by atoms with E-state index >= 15 is 0 Å². The van der Waals surface area contributed by atoms with Crippen LogP contribution in [0.2, 0.25) is 0 Å². The van der Waals surface area contributed by atoms with Crippen LogP contribution in [-0.4, -0.2) is 40.0 Å². The first kappa shape index (κ1) is 14.6. The topological polar surface area (TPSA) is 75.4 Å². The molecular formula is C10H19N3O2S2. The number of thiophene rings is 1. The maximum atomic E-state index is 12.0. The third kappa shape index (κ3) is 4.04. The molecule has 0 spiro atoms. The second-order valence-electron chi connectivity index (χ2n) is 3.71. The minimum atomic E-state index is -3.41. The zero-order chi connectivity index (χ0) is 12.9. The van der Waals surface area contributed by atoms with Crippen molar-refractivity contribution < 1.29 is 8.42 Å². The average Bonchev–Trinajstić information content (AvgIpc) is 2.77. The van der Waals surface area contributed by atoms with E-state index < -0.39 is 10.0 Å². The summed E-state index contributed by atoms with van der Waals surface area (Å²) < 4.78 is 26.5. The number of hydrogen-bond donors (Lipinski definition) is 2. The molecule has 0 bridgehead atoms. The average molecular weight is 277 g/mol. The van der Waals surface area contributed by atoms with Crippen LogP contribution in [0.4, 0.5) is 0 Å². The van der Waals surface area contributed by atoms with Gasteiger partial charge in [-0.25, -0.2) is 13.1 Å². The van der Waals surface area contributed by atoms with E-state index in [2.05, 4.69) is 4.72 Å². The van der Waals surface area contributed by atoms with Crippen LogP contribution in [0.3, 0.4) is 0 Å². The molecule has 17 heavy (non-hydrogen) atoms. The summed E-state index contributed by atoms with van der Waals surface area (Å²) in [7, 11) is -1.46. The predicted octanol–water partition coefficient (Wildman–Crippen LogP) is 0.437. The molecule has 7 heteroatoms. The Kier molecular flexibility index (Phi) is 5.54. The van der Waals surface area contributed by atoms with Crippen molar-refractivity contribution in [1.29, 1.82) is 0 Å². The van der Waals surface area contributed by atoms with Gasteiger partial charge in [0.2, 0.25) is 10.0 Å². The van der Waals surface area contributed by atoms with Crippen molar-refractivity contribution in [1.82, 2.24) is 9.62 Å². The third-order valence-electron chi connectivity index (χ3n) is 2.50. The molecule has 0 aromatic carbocycles. The van der Waals surface area contributed by atoms with Crippen molar-refractivity contribution in [2.24, 2.45) is 5.73 Å². The molecule has 0 saturated heterocycles. The fourth-order valence-electron chi connectivity index (χ4n) is 1.32. The van der Waals surface area contributed by atoms with Gasteiger partial charge in [-0.1, -0.05) is 6.92 Å². The number of sulfonamides is 1. The SMILES string of the molecule is CCN(C)CCNS(=O)(=O)c1ccsc1CN. The van der Waals surface area contributed by atoms with E-state index in [4.69, 9.17) is 5.73 Å². The summed E-state index contributed by atoms with van der Waals surface area (Å²) in [6, 6.07) is 1.60. The standard InChI is InChI=1S/C10H19N3O2S2/c1-3-13(2)6-5-12-17(14,15)10-4-7-16-9(10)8-11/h4,7,12H,3,5-6,8,11H2,1-2H3. The van der Waals surface area contributed by atoms with Gasteiger partial charge < -0.3 is 10.6 Å². The van der Waals surface area contributed by atoms with Gasteiger partial charge in [0.05, 0.1) is 4.90 Å². The molecule has 1 heterocycles. The van der Waals surface area contributed by atoms with Gasteiger partial charge in [-0.2, -0.15) is 0 Å². The van der Waals surface area contributed by atoms with E-state index in [1.165, 1.54) is 11.3 Å². The molecule has 0 amide bonds. The minimum Gasteiger partial charge on any atom is -0.326 e. The highest BCUT2D eigenvalue weighted by atomic mass is 32.2. The van der Waals surface area contributed by atoms with E-state index in [9.17, 15) is 8.42 Å². The predicted molar refractivity (Wildman–Crippen MR) is 70.6 cm³/mol. The Bertz CT molecular complexity index is 442. The van der Waals surface area contributed by atoms with Crippen LogP contribution in [-0.2, 0) is 16.6 Å². The number of likely N-dealkylation sites (N-methyl/N-ethyl adjacent to an activating group) is 1. The Morgan fingerprint density at radius 1 is 1.53 bits per heavy atom. The van der Waals surface area contributed by atoms with Crippen molar-refractivity contribution >= 4 is 21.4 Å². The van der Waals surface area contributed by atoms with Gasteiger partial charge >= 0.3 is 0 Å². The zero-order valence-corrected chi connectivity index (χ0v) is 11.8. The largest absolute Gasteiger partial charge is 0.326 e. The summed E-state index contributed by atoms with van der Waals surface area (Å²) in [5.41, 5.74) is 5.50. The van der Waals surface area contributed by atoms with Crippen LogP contribution < -0.4 is 10.5 Å². The molecule has 0 aliphatic carbocycles. The Balaban J connectivity index is 2.63. The van der Waals surface area contributed by atoms with Crippen LogP contribution in [0.15, 0.2) is 16.3 Å². The molecule has 0 aliphatic heterocycles. The molecule has 0 radical (unpaired) electrons. The monoisotopic (exact) mass is 277 g/mol. The smallest absolute Gasteiger partial charge is 0.241 e. The van der Waals surface area contributed by atoms with E-state index in [0.29, 0.717) is 22.9 Å². The summed E-state index contributed by atoms with van der Waals surface area (Å²) in [6.45, 7) is 4.28.